The van der Waals surface area contributed by atoms with Crippen molar-refractivity contribution < 1.29 is 9.53 Å². The van der Waals surface area contributed by atoms with Crippen LogP contribution in [0.3, 0.4) is 0 Å². The number of aliphatic imine (C=N–C) groups is 1. The lowest BCUT2D eigenvalue weighted by Gasteiger charge is -2.18. The molecule has 1 aromatic carbocycles. The minimum Gasteiger partial charge on any atom is -0.481 e. The van der Waals surface area contributed by atoms with Crippen molar-refractivity contribution in [2.24, 2.45) is 4.99 Å². The number of ether oxygens (including phenoxy) is 1. The number of benzene rings is 1. The minimum absolute atomic E-state index is 0.215. The molecule has 0 bridgehead atoms. The molecule has 1 saturated heterocycles. The molecule has 140 valence electrons. The van der Waals surface area contributed by atoms with E-state index in [9.17, 15) is 4.79 Å². The standard InChI is InChI=1S/C20H28N4O2/c1-4-14-26-18-8-6-16(7-9-18)10-12-22-20(21-3)23-17-11-13-24(15-17)19(25)5-2/h1,6-9,17H,5,10-15H2,2-3H3,(H2,21,22,23). The highest BCUT2D eigenvalue weighted by Crippen LogP contribution is 2.12. The summed E-state index contributed by atoms with van der Waals surface area (Å²) in [5, 5.41) is 6.73. The zero-order chi connectivity index (χ0) is 18.8. The number of nitrogens with one attached hydrogen (secondary N) is 2. The van der Waals surface area contributed by atoms with Gasteiger partial charge in [0, 0.05) is 39.1 Å². The third kappa shape index (κ3) is 5.99. The second kappa shape index (κ2) is 10.3. The van der Waals surface area contributed by atoms with Crippen LogP contribution in [-0.2, 0) is 11.2 Å². The molecule has 6 heteroatoms. The van der Waals surface area contributed by atoms with E-state index in [1.54, 1.807) is 7.05 Å². The van der Waals surface area contributed by atoms with E-state index in [2.05, 4.69) is 21.5 Å². The normalized spacial score (nSPS) is 16.9. The Hall–Kier alpha value is -2.68. The van der Waals surface area contributed by atoms with E-state index >= 15 is 0 Å². The molecule has 0 saturated carbocycles. The third-order valence-electron chi connectivity index (χ3n) is 4.36. The lowest BCUT2D eigenvalue weighted by molar-refractivity contribution is -0.129. The maximum absolute atomic E-state index is 11.8. The number of carbonyl (C=O) groups excluding carboxylic acids is 1. The summed E-state index contributed by atoms with van der Waals surface area (Å²) in [5.74, 6) is 4.22. The quantitative estimate of drug-likeness (QED) is 0.441. The molecule has 1 aliphatic rings. The van der Waals surface area contributed by atoms with E-state index in [0.29, 0.717) is 6.42 Å². The maximum atomic E-state index is 11.8. The Morgan fingerprint density at radius 3 is 2.85 bits per heavy atom. The number of rotatable bonds is 7. The van der Waals surface area contributed by atoms with Gasteiger partial charge in [0.15, 0.2) is 5.96 Å². The van der Waals surface area contributed by atoms with E-state index in [-0.39, 0.29) is 18.6 Å². The molecule has 0 spiro atoms. The van der Waals surface area contributed by atoms with Gasteiger partial charge in [0.25, 0.3) is 0 Å². The van der Waals surface area contributed by atoms with Crippen molar-refractivity contribution in [1.29, 1.82) is 0 Å². The molecule has 1 aromatic rings. The van der Waals surface area contributed by atoms with E-state index in [1.165, 1.54) is 5.56 Å². The van der Waals surface area contributed by atoms with Crippen LogP contribution in [0.1, 0.15) is 25.3 Å². The summed E-state index contributed by atoms with van der Waals surface area (Å²) in [6.07, 6.45) is 7.57. The van der Waals surface area contributed by atoms with Crippen molar-refractivity contribution in [1.82, 2.24) is 15.5 Å². The van der Waals surface area contributed by atoms with E-state index < -0.39 is 0 Å². The fourth-order valence-corrected chi connectivity index (χ4v) is 2.92. The summed E-state index contributed by atoms with van der Waals surface area (Å²) in [7, 11) is 1.76. The van der Waals surface area contributed by atoms with Crippen LogP contribution in [0, 0.1) is 12.3 Å². The van der Waals surface area contributed by atoms with Gasteiger partial charge in [-0.3, -0.25) is 9.79 Å². The predicted molar refractivity (Wildman–Crippen MR) is 104 cm³/mol. The minimum atomic E-state index is 0.215. The second-order valence-electron chi connectivity index (χ2n) is 6.21. The average Bonchev–Trinajstić information content (AvgIpc) is 3.14. The summed E-state index contributed by atoms with van der Waals surface area (Å²) in [4.78, 5) is 17.9. The number of hydrogen-bond donors (Lipinski definition) is 2. The van der Waals surface area contributed by atoms with Gasteiger partial charge in [0.05, 0.1) is 0 Å². The Labute approximate surface area is 156 Å². The summed E-state index contributed by atoms with van der Waals surface area (Å²) >= 11 is 0. The number of terminal acetylenes is 1. The Morgan fingerprint density at radius 1 is 1.42 bits per heavy atom. The van der Waals surface area contributed by atoms with Gasteiger partial charge in [-0.25, -0.2) is 0 Å². The van der Waals surface area contributed by atoms with Crippen molar-refractivity contribution in [3.05, 3.63) is 29.8 Å². The Morgan fingerprint density at radius 2 is 2.19 bits per heavy atom. The second-order valence-corrected chi connectivity index (χ2v) is 6.21. The van der Waals surface area contributed by atoms with Crippen molar-refractivity contribution in [3.8, 4) is 18.1 Å². The fraction of sp³-hybridized carbons (Fsp3) is 0.500. The lowest BCUT2D eigenvalue weighted by atomic mass is 10.1. The first-order valence-corrected chi connectivity index (χ1v) is 9.06. The molecule has 1 fully saturated rings. The number of carbonyl (C=O) groups is 1. The van der Waals surface area contributed by atoms with Gasteiger partial charge in [0.1, 0.15) is 12.4 Å². The molecule has 26 heavy (non-hydrogen) atoms. The van der Waals surface area contributed by atoms with Gasteiger partial charge in [-0.2, -0.15) is 0 Å². The smallest absolute Gasteiger partial charge is 0.222 e. The van der Waals surface area contributed by atoms with Crippen molar-refractivity contribution in [2.45, 2.75) is 32.2 Å². The molecule has 0 radical (unpaired) electrons. The molecule has 1 unspecified atom stereocenters. The van der Waals surface area contributed by atoms with Gasteiger partial charge in [0.2, 0.25) is 5.91 Å². The summed E-state index contributed by atoms with van der Waals surface area (Å²) < 4.78 is 5.37. The zero-order valence-corrected chi connectivity index (χ0v) is 15.6. The van der Waals surface area contributed by atoms with Crippen molar-refractivity contribution in [3.63, 3.8) is 0 Å². The number of amides is 1. The van der Waals surface area contributed by atoms with Crippen molar-refractivity contribution in [2.75, 3.05) is 33.3 Å². The highest BCUT2D eigenvalue weighted by atomic mass is 16.5. The average molecular weight is 356 g/mol. The van der Waals surface area contributed by atoms with Crippen molar-refractivity contribution >= 4 is 11.9 Å². The summed E-state index contributed by atoms with van der Waals surface area (Å²) in [6.45, 7) is 4.51. The van der Waals surface area contributed by atoms with Gasteiger partial charge in [-0.15, -0.1) is 6.42 Å². The molecule has 2 rings (SSSR count). The van der Waals surface area contributed by atoms with Crippen LogP contribution in [-0.4, -0.2) is 56.1 Å². The first-order valence-electron chi connectivity index (χ1n) is 9.06. The molecule has 2 N–H and O–H groups in total. The maximum Gasteiger partial charge on any atom is 0.222 e. The molecule has 0 aromatic heterocycles. The topological polar surface area (TPSA) is 66.0 Å². The largest absolute Gasteiger partial charge is 0.481 e. The number of guanidine groups is 1. The van der Waals surface area contributed by atoms with Gasteiger partial charge >= 0.3 is 0 Å². The van der Waals surface area contributed by atoms with Gasteiger partial charge in [-0.1, -0.05) is 25.0 Å². The highest BCUT2D eigenvalue weighted by Gasteiger charge is 2.25. The third-order valence-corrected chi connectivity index (χ3v) is 4.36. The summed E-state index contributed by atoms with van der Waals surface area (Å²) in [5.41, 5.74) is 1.21. The Balaban J connectivity index is 1.72. The van der Waals surface area contributed by atoms with Crippen LogP contribution in [0.4, 0.5) is 0 Å². The molecular weight excluding hydrogens is 328 g/mol. The van der Waals surface area contributed by atoms with E-state index in [1.807, 2.05) is 36.1 Å². The van der Waals surface area contributed by atoms with Gasteiger partial charge < -0.3 is 20.3 Å². The van der Waals surface area contributed by atoms with Gasteiger partial charge in [-0.05, 0) is 30.5 Å². The predicted octanol–water partition coefficient (Wildman–Crippen LogP) is 1.42. The Kier molecular flexibility index (Phi) is 7.81. The summed E-state index contributed by atoms with van der Waals surface area (Å²) in [6, 6.07) is 8.18. The van der Waals surface area contributed by atoms with Crippen LogP contribution < -0.4 is 15.4 Å². The zero-order valence-electron chi connectivity index (χ0n) is 15.6. The van der Waals surface area contributed by atoms with E-state index in [4.69, 9.17) is 11.2 Å². The molecule has 1 heterocycles. The SMILES string of the molecule is C#CCOc1ccc(CCNC(=NC)NC2CCN(C(=O)CC)C2)cc1. The highest BCUT2D eigenvalue weighted by molar-refractivity contribution is 5.80. The number of hydrogen-bond acceptors (Lipinski definition) is 3. The lowest BCUT2D eigenvalue weighted by Crippen LogP contribution is -2.45. The van der Waals surface area contributed by atoms with Crippen LogP contribution in [0.5, 0.6) is 5.75 Å². The molecule has 6 nitrogen and oxygen atoms in total. The first kappa shape index (κ1) is 19.6. The molecule has 1 atom stereocenters. The monoisotopic (exact) mass is 356 g/mol. The van der Waals surface area contributed by atoms with Crippen LogP contribution in [0.15, 0.2) is 29.3 Å². The number of likely N-dealkylation sites (tertiary alicyclic amines) is 1. The van der Waals surface area contributed by atoms with Crippen LogP contribution in [0.25, 0.3) is 0 Å². The van der Waals surface area contributed by atoms with E-state index in [0.717, 1.165) is 44.2 Å². The fourth-order valence-electron chi connectivity index (χ4n) is 2.92. The Bertz CT molecular complexity index is 649. The number of nitrogens with zero attached hydrogens (tertiary/aromatic N) is 2. The first-order chi connectivity index (χ1) is 12.7. The molecular formula is C20H28N4O2. The molecule has 1 aliphatic heterocycles. The molecule has 1 amide bonds. The van der Waals surface area contributed by atoms with Crippen LogP contribution in [0.2, 0.25) is 0 Å². The van der Waals surface area contributed by atoms with Crippen LogP contribution >= 0.6 is 0 Å². The molecule has 0 aliphatic carbocycles.